The molecule has 1 heterocycles. The molecule has 0 saturated carbocycles. The van der Waals surface area contributed by atoms with Crippen LogP contribution >= 0.6 is 0 Å². The minimum atomic E-state index is 0.508. The quantitative estimate of drug-likeness (QED) is 0.930. The molecule has 21 heavy (non-hydrogen) atoms. The van der Waals surface area contributed by atoms with Crippen LogP contribution in [-0.4, -0.2) is 18.1 Å². The molecule has 2 aliphatic carbocycles. The van der Waals surface area contributed by atoms with Gasteiger partial charge in [-0.1, -0.05) is 30.3 Å². The fraction of sp³-hybridized carbons (Fsp3) is 0.421. The molecule has 2 nitrogen and oxygen atoms in total. The first-order chi connectivity index (χ1) is 10.4. The minimum absolute atomic E-state index is 0.508. The Morgan fingerprint density at radius 1 is 1.10 bits per heavy atom. The monoisotopic (exact) mass is 278 g/mol. The van der Waals surface area contributed by atoms with Gasteiger partial charge in [0, 0.05) is 29.8 Å². The van der Waals surface area contributed by atoms with Gasteiger partial charge in [-0.3, -0.25) is 4.98 Å². The van der Waals surface area contributed by atoms with Crippen molar-refractivity contribution in [2.75, 3.05) is 7.05 Å². The Kier molecular flexibility index (Phi) is 3.27. The van der Waals surface area contributed by atoms with Gasteiger partial charge in [-0.05, 0) is 55.5 Å². The summed E-state index contributed by atoms with van der Waals surface area (Å²) in [6.07, 6.45) is 6.90. The third-order valence-corrected chi connectivity index (χ3v) is 5.33. The Labute approximate surface area is 126 Å². The van der Waals surface area contributed by atoms with Gasteiger partial charge in [0.15, 0.2) is 0 Å². The topological polar surface area (TPSA) is 24.9 Å². The number of nitrogens with one attached hydrogen (secondary N) is 1. The highest BCUT2D eigenvalue weighted by Gasteiger charge is 2.38. The smallest absolute Gasteiger partial charge is 0.0482 e. The van der Waals surface area contributed by atoms with Crippen molar-refractivity contribution in [1.29, 1.82) is 0 Å². The van der Waals surface area contributed by atoms with Crippen molar-refractivity contribution in [3.05, 3.63) is 65.0 Å². The molecule has 0 saturated heterocycles. The molecule has 0 bridgehead atoms. The fourth-order valence-electron chi connectivity index (χ4n) is 4.30. The van der Waals surface area contributed by atoms with Crippen molar-refractivity contribution < 1.29 is 0 Å². The van der Waals surface area contributed by atoms with Crippen molar-refractivity contribution in [2.24, 2.45) is 0 Å². The number of likely N-dealkylation sites (N-methyl/N-ethyl adjacent to an activating group) is 1. The Balaban J connectivity index is 1.67. The lowest BCUT2D eigenvalue weighted by molar-refractivity contribution is 0.332. The maximum Gasteiger partial charge on any atom is 0.0482 e. The van der Waals surface area contributed by atoms with Crippen LogP contribution in [0.5, 0.6) is 0 Å². The molecule has 0 amide bonds. The van der Waals surface area contributed by atoms with Crippen LogP contribution in [0.2, 0.25) is 0 Å². The maximum atomic E-state index is 4.73. The predicted molar refractivity (Wildman–Crippen MR) is 85.7 cm³/mol. The van der Waals surface area contributed by atoms with E-state index in [-0.39, 0.29) is 0 Å². The molecule has 0 aliphatic heterocycles. The Morgan fingerprint density at radius 3 is 2.81 bits per heavy atom. The van der Waals surface area contributed by atoms with Crippen molar-refractivity contribution >= 4 is 0 Å². The zero-order chi connectivity index (χ0) is 14.2. The second-order valence-corrected chi connectivity index (χ2v) is 6.37. The standard InChI is InChI=1S/C19H22N2/c1-20-19(17-12-14-6-2-3-9-15(14)17)16-10-4-7-13-8-5-11-21-18(13)16/h2-3,5-6,8-9,11,16-17,19-20H,4,7,10,12H2,1H3. The lowest BCUT2D eigenvalue weighted by atomic mass is 9.67. The summed E-state index contributed by atoms with van der Waals surface area (Å²) in [5, 5.41) is 3.62. The van der Waals surface area contributed by atoms with E-state index in [0.29, 0.717) is 17.9 Å². The van der Waals surface area contributed by atoms with Gasteiger partial charge in [-0.25, -0.2) is 0 Å². The number of aryl methyl sites for hydroxylation is 1. The molecule has 2 heteroatoms. The SMILES string of the molecule is CNC(C1Cc2ccccc21)C1CCCc2cccnc21. The molecule has 1 aromatic carbocycles. The molecule has 108 valence electrons. The van der Waals surface area contributed by atoms with E-state index in [4.69, 9.17) is 4.98 Å². The maximum absolute atomic E-state index is 4.73. The third-order valence-electron chi connectivity index (χ3n) is 5.33. The van der Waals surface area contributed by atoms with Crippen LogP contribution in [0.25, 0.3) is 0 Å². The Hall–Kier alpha value is -1.67. The molecular formula is C19H22N2. The van der Waals surface area contributed by atoms with Gasteiger partial charge in [0.05, 0.1) is 0 Å². The zero-order valence-electron chi connectivity index (χ0n) is 12.5. The average molecular weight is 278 g/mol. The number of benzene rings is 1. The molecule has 1 N–H and O–H groups in total. The van der Waals surface area contributed by atoms with Gasteiger partial charge >= 0.3 is 0 Å². The van der Waals surface area contributed by atoms with Gasteiger partial charge in [-0.2, -0.15) is 0 Å². The molecule has 3 unspecified atom stereocenters. The lowest BCUT2D eigenvalue weighted by Crippen LogP contribution is -2.43. The molecule has 2 aromatic rings. The van der Waals surface area contributed by atoms with Crippen molar-refractivity contribution in [3.63, 3.8) is 0 Å². The number of nitrogens with zero attached hydrogens (tertiary/aromatic N) is 1. The van der Waals surface area contributed by atoms with Crippen LogP contribution in [0.3, 0.4) is 0 Å². The number of aromatic nitrogens is 1. The van der Waals surface area contributed by atoms with Gasteiger partial charge < -0.3 is 5.32 Å². The van der Waals surface area contributed by atoms with E-state index >= 15 is 0 Å². The summed E-state index contributed by atoms with van der Waals surface area (Å²) in [5.41, 5.74) is 5.87. The summed E-state index contributed by atoms with van der Waals surface area (Å²) in [6, 6.07) is 13.7. The van der Waals surface area contributed by atoms with E-state index in [2.05, 4.69) is 48.8 Å². The van der Waals surface area contributed by atoms with E-state index in [9.17, 15) is 0 Å². The fourth-order valence-corrected chi connectivity index (χ4v) is 4.30. The van der Waals surface area contributed by atoms with E-state index in [1.165, 1.54) is 42.5 Å². The molecule has 0 radical (unpaired) electrons. The van der Waals surface area contributed by atoms with Gasteiger partial charge in [0.1, 0.15) is 0 Å². The van der Waals surface area contributed by atoms with Crippen LogP contribution in [0, 0.1) is 0 Å². The number of pyridine rings is 1. The molecule has 4 rings (SSSR count). The first-order valence-corrected chi connectivity index (χ1v) is 8.07. The summed E-state index contributed by atoms with van der Waals surface area (Å²) >= 11 is 0. The van der Waals surface area contributed by atoms with Gasteiger partial charge in [0.2, 0.25) is 0 Å². The first-order valence-electron chi connectivity index (χ1n) is 8.07. The number of hydrogen-bond donors (Lipinski definition) is 1. The van der Waals surface area contributed by atoms with E-state index in [0.717, 1.165) is 0 Å². The highest BCUT2D eigenvalue weighted by molar-refractivity contribution is 5.42. The van der Waals surface area contributed by atoms with Crippen molar-refractivity contribution in [3.8, 4) is 0 Å². The average Bonchev–Trinajstić information content (AvgIpc) is 2.52. The minimum Gasteiger partial charge on any atom is -0.316 e. The summed E-state index contributed by atoms with van der Waals surface area (Å²) in [5.74, 6) is 1.20. The highest BCUT2D eigenvalue weighted by atomic mass is 14.9. The molecule has 3 atom stereocenters. The van der Waals surface area contributed by atoms with Crippen molar-refractivity contribution in [2.45, 2.75) is 43.6 Å². The van der Waals surface area contributed by atoms with Crippen LogP contribution in [0.1, 0.15) is 47.1 Å². The predicted octanol–water partition coefficient (Wildman–Crippen LogP) is 3.43. The number of hydrogen-bond acceptors (Lipinski definition) is 2. The van der Waals surface area contributed by atoms with Crippen LogP contribution in [0.4, 0.5) is 0 Å². The Morgan fingerprint density at radius 2 is 1.95 bits per heavy atom. The molecule has 0 spiro atoms. The summed E-state index contributed by atoms with van der Waals surface area (Å²) < 4.78 is 0. The second kappa shape index (κ2) is 5.27. The summed E-state index contributed by atoms with van der Waals surface area (Å²) in [6.45, 7) is 0. The van der Waals surface area contributed by atoms with Gasteiger partial charge in [-0.15, -0.1) is 0 Å². The first kappa shape index (κ1) is 13.0. The Bertz CT molecular complexity index is 650. The largest absolute Gasteiger partial charge is 0.316 e. The molecule has 2 aliphatic rings. The zero-order valence-corrected chi connectivity index (χ0v) is 12.5. The molecule has 0 fully saturated rings. The third kappa shape index (κ3) is 2.09. The van der Waals surface area contributed by atoms with Crippen LogP contribution in [-0.2, 0) is 12.8 Å². The lowest BCUT2D eigenvalue weighted by Gasteiger charge is -2.42. The van der Waals surface area contributed by atoms with E-state index < -0.39 is 0 Å². The summed E-state index contributed by atoms with van der Waals surface area (Å²) in [7, 11) is 2.11. The van der Waals surface area contributed by atoms with Crippen molar-refractivity contribution in [1.82, 2.24) is 10.3 Å². The van der Waals surface area contributed by atoms with E-state index in [1.807, 2.05) is 6.20 Å². The van der Waals surface area contributed by atoms with Crippen LogP contribution < -0.4 is 5.32 Å². The molecule has 1 aromatic heterocycles. The molecular weight excluding hydrogens is 256 g/mol. The van der Waals surface area contributed by atoms with E-state index in [1.54, 1.807) is 5.56 Å². The number of rotatable bonds is 3. The van der Waals surface area contributed by atoms with Crippen LogP contribution in [0.15, 0.2) is 42.6 Å². The number of fused-ring (bicyclic) bond motifs is 2. The normalized spacial score (nSPS) is 24.6. The second-order valence-electron chi connectivity index (χ2n) is 6.37. The van der Waals surface area contributed by atoms with Gasteiger partial charge in [0.25, 0.3) is 0 Å². The highest BCUT2D eigenvalue weighted by Crippen LogP contribution is 2.44. The summed E-state index contributed by atoms with van der Waals surface area (Å²) in [4.78, 5) is 4.73.